The van der Waals surface area contributed by atoms with Crippen LogP contribution in [0.25, 0.3) is 5.57 Å². The number of nitrogens with zero attached hydrogens (tertiary/aromatic N) is 2. The summed E-state index contributed by atoms with van der Waals surface area (Å²) in [5, 5.41) is 4.89. The van der Waals surface area contributed by atoms with Gasteiger partial charge in [0.1, 0.15) is 0 Å². The Morgan fingerprint density at radius 3 is 2.79 bits per heavy atom. The second kappa shape index (κ2) is 8.76. The van der Waals surface area contributed by atoms with Crippen molar-refractivity contribution >= 4 is 44.7 Å². The molecule has 6 nitrogen and oxygen atoms in total. The van der Waals surface area contributed by atoms with Gasteiger partial charge in [-0.1, -0.05) is 29.3 Å². The summed E-state index contributed by atoms with van der Waals surface area (Å²) in [5.41, 5.74) is 6.61. The van der Waals surface area contributed by atoms with E-state index in [2.05, 4.69) is 10.8 Å². The minimum atomic E-state index is -3.68. The van der Waals surface area contributed by atoms with Gasteiger partial charge in [-0.3, -0.25) is 9.48 Å². The maximum absolute atomic E-state index is 12.0. The van der Waals surface area contributed by atoms with E-state index in [1.807, 2.05) is 21.7 Å². The van der Waals surface area contributed by atoms with Gasteiger partial charge >= 0.3 is 0 Å². The van der Waals surface area contributed by atoms with Gasteiger partial charge in [-0.25, -0.2) is 13.1 Å². The van der Waals surface area contributed by atoms with Gasteiger partial charge in [0.05, 0.1) is 23.7 Å². The average molecular weight is 454 g/mol. The highest BCUT2D eigenvalue weighted by Crippen LogP contribution is 2.31. The summed E-state index contributed by atoms with van der Waals surface area (Å²) in [6.07, 6.45) is 5.44. The summed E-state index contributed by atoms with van der Waals surface area (Å²) >= 11 is 12.3. The minimum absolute atomic E-state index is 0.449. The van der Waals surface area contributed by atoms with Crippen molar-refractivity contribution in [3.05, 3.63) is 63.1 Å². The molecule has 3 rings (SSSR count). The normalized spacial score (nSPS) is 13.8. The second-order valence-electron chi connectivity index (χ2n) is 7.09. The van der Waals surface area contributed by atoms with Crippen LogP contribution in [0.1, 0.15) is 43.5 Å². The molecule has 1 aromatic heterocycles. The third kappa shape index (κ3) is 5.11. The summed E-state index contributed by atoms with van der Waals surface area (Å²) in [7, 11) is -3.68. The molecule has 0 radical (unpaired) electrons. The molecular weight excluding hydrogens is 433 g/mol. The molecule has 0 fully saturated rings. The van der Waals surface area contributed by atoms with E-state index in [9.17, 15) is 13.2 Å². The van der Waals surface area contributed by atoms with Crippen molar-refractivity contribution in [3.63, 3.8) is 0 Å². The molecule has 0 bridgehead atoms. The third-order valence-electron chi connectivity index (χ3n) is 4.65. The van der Waals surface area contributed by atoms with E-state index in [0.717, 1.165) is 41.3 Å². The molecule has 9 heteroatoms. The standard InChI is InChI=1S/C20H21Cl2N3O3S/c1-13(2)29(27,28)24-19(26)9-7-14-4-3-5-15-11-23-25(20(14)15)12-16-6-8-17(21)10-18(16)22/h6,8-11,13H,3-5,12H2,1-2H3,(H,24,26). The molecule has 1 aromatic carbocycles. The molecule has 1 N–H and O–H groups in total. The number of carbonyl (C=O) groups excluding carboxylic acids is 1. The zero-order valence-corrected chi connectivity index (χ0v) is 18.4. The van der Waals surface area contributed by atoms with Crippen LogP contribution in [-0.4, -0.2) is 29.4 Å². The van der Waals surface area contributed by atoms with Crippen LogP contribution >= 0.6 is 23.2 Å². The van der Waals surface area contributed by atoms with Crippen LogP contribution in [0.4, 0.5) is 0 Å². The number of hydrogen-bond donors (Lipinski definition) is 1. The molecule has 0 atom stereocenters. The van der Waals surface area contributed by atoms with Crippen LogP contribution in [0.15, 0.2) is 36.2 Å². The van der Waals surface area contributed by atoms with Gasteiger partial charge in [-0.15, -0.1) is 5.73 Å². The molecule has 1 amide bonds. The number of benzene rings is 1. The van der Waals surface area contributed by atoms with E-state index in [-0.39, 0.29) is 0 Å². The maximum Gasteiger partial charge on any atom is 0.265 e. The number of carbonyl (C=O) groups is 1. The highest BCUT2D eigenvalue weighted by molar-refractivity contribution is 7.90. The molecule has 1 aliphatic rings. The van der Waals surface area contributed by atoms with Crippen LogP contribution in [0, 0.1) is 0 Å². The minimum Gasteiger partial charge on any atom is -0.268 e. The lowest BCUT2D eigenvalue weighted by Gasteiger charge is -2.16. The highest BCUT2D eigenvalue weighted by Gasteiger charge is 2.21. The number of nitrogens with one attached hydrogen (secondary N) is 1. The monoisotopic (exact) mass is 453 g/mol. The zero-order valence-electron chi connectivity index (χ0n) is 16.1. The fraction of sp³-hybridized carbons (Fsp3) is 0.350. The maximum atomic E-state index is 12.0. The van der Waals surface area contributed by atoms with Gasteiger partial charge in [0.2, 0.25) is 10.0 Å². The van der Waals surface area contributed by atoms with Crippen LogP contribution in [-0.2, 0) is 27.8 Å². The Morgan fingerprint density at radius 2 is 2.10 bits per heavy atom. The first-order chi connectivity index (χ1) is 13.7. The van der Waals surface area contributed by atoms with Crippen molar-refractivity contribution in [2.75, 3.05) is 0 Å². The van der Waals surface area contributed by atoms with Gasteiger partial charge in [0.25, 0.3) is 5.91 Å². The van der Waals surface area contributed by atoms with Gasteiger partial charge in [0, 0.05) is 21.7 Å². The van der Waals surface area contributed by atoms with Crippen LogP contribution in [0.3, 0.4) is 0 Å². The molecule has 0 aliphatic heterocycles. The molecule has 154 valence electrons. The quantitative estimate of drug-likeness (QED) is 0.548. The summed E-state index contributed by atoms with van der Waals surface area (Å²) in [4.78, 5) is 12.0. The van der Waals surface area contributed by atoms with Crippen molar-refractivity contribution in [1.82, 2.24) is 14.5 Å². The lowest BCUT2D eigenvalue weighted by molar-refractivity contribution is -0.114. The van der Waals surface area contributed by atoms with E-state index < -0.39 is 21.2 Å². The Hall–Kier alpha value is -2.05. The van der Waals surface area contributed by atoms with E-state index in [1.54, 1.807) is 12.1 Å². The summed E-state index contributed by atoms with van der Waals surface area (Å²) < 4.78 is 27.5. The lowest BCUT2D eigenvalue weighted by Crippen LogP contribution is -2.34. The molecule has 1 heterocycles. The topological polar surface area (TPSA) is 81.1 Å². The zero-order chi connectivity index (χ0) is 21.2. The number of fused-ring (bicyclic) bond motifs is 1. The predicted octanol–water partition coefficient (Wildman–Crippen LogP) is 3.97. The average Bonchev–Trinajstić information content (AvgIpc) is 3.05. The summed E-state index contributed by atoms with van der Waals surface area (Å²) in [5.74, 6) is -0.717. The molecule has 29 heavy (non-hydrogen) atoms. The fourth-order valence-corrected chi connectivity index (χ4v) is 4.09. The Kier molecular flexibility index (Phi) is 6.54. The smallest absolute Gasteiger partial charge is 0.265 e. The Labute approximate surface area is 180 Å². The largest absolute Gasteiger partial charge is 0.268 e. The van der Waals surface area contributed by atoms with Crippen molar-refractivity contribution < 1.29 is 13.2 Å². The molecule has 2 aromatic rings. The number of hydrogen-bond acceptors (Lipinski definition) is 4. The van der Waals surface area contributed by atoms with Crippen LogP contribution < -0.4 is 4.72 Å². The SMILES string of the molecule is CC(C)S(=O)(=O)NC(=O)C=C=C1CCCc2cnn(Cc3ccc(Cl)cc3Cl)c21. The Bertz CT molecular complexity index is 1110. The molecule has 0 saturated carbocycles. The fourth-order valence-electron chi connectivity index (χ4n) is 3.04. The van der Waals surface area contributed by atoms with Crippen molar-refractivity contribution in [1.29, 1.82) is 0 Å². The molecule has 0 saturated heterocycles. The third-order valence-corrected chi connectivity index (χ3v) is 6.96. The number of sulfonamides is 1. The summed E-state index contributed by atoms with van der Waals surface area (Å²) in [6.45, 7) is 3.46. The van der Waals surface area contributed by atoms with Gasteiger partial charge in [-0.2, -0.15) is 5.10 Å². The first kappa shape index (κ1) is 21.7. The Morgan fingerprint density at radius 1 is 1.34 bits per heavy atom. The molecule has 1 aliphatic carbocycles. The second-order valence-corrected chi connectivity index (χ2v) is 10.2. The van der Waals surface area contributed by atoms with E-state index in [4.69, 9.17) is 23.2 Å². The van der Waals surface area contributed by atoms with E-state index >= 15 is 0 Å². The first-order valence-electron chi connectivity index (χ1n) is 9.17. The highest BCUT2D eigenvalue weighted by atomic mass is 35.5. The number of amides is 1. The van der Waals surface area contributed by atoms with Crippen molar-refractivity contribution in [2.45, 2.75) is 44.9 Å². The van der Waals surface area contributed by atoms with Crippen LogP contribution in [0.2, 0.25) is 10.0 Å². The van der Waals surface area contributed by atoms with Gasteiger partial charge in [0.15, 0.2) is 0 Å². The molecule has 0 unspecified atom stereocenters. The van der Waals surface area contributed by atoms with E-state index in [0.29, 0.717) is 23.0 Å². The first-order valence-corrected chi connectivity index (χ1v) is 11.5. The number of aryl methyl sites for hydroxylation is 1. The van der Waals surface area contributed by atoms with Crippen molar-refractivity contribution in [2.24, 2.45) is 0 Å². The Balaban J connectivity index is 1.91. The van der Waals surface area contributed by atoms with E-state index in [1.165, 1.54) is 13.8 Å². The van der Waals surface area contributed by atoms with Gasteiger partial charge < -0.3 is 0 Å². The van der Waals surface area contributed by atoms with Crippen LogP contribution in [0.5, 0.6) is 0 Å². The summed E-state index contributed by atoms with van der Waals surface area (Å²) in [6, 6.07) is 5.31. The number of rotatable bonds is 5. The lowest BCUT2D eigenvalue weighted by atomic mass is 9.93. The number of aromatic nitrogens is 2. The predicted molar refractivity (Wildman–Crippen MR) is 114 cm³/mol. The molecular formula is C20H21Cl2N3O3S. The molecule has 0 spiro atoms. The van der Waals surface area contributed by atoms with Gasteiger partial charge in [-0.05, 0) is 56.4 Å². The number of halogens is 2. The van der Waals surface area contributed by atoms with Crippen molar-refractivity contribution in [3.8, 4) is 0 Å².